The molecule has 0 spiro atoms. The van der Waals surface area contributed by atoms with E-state index in [-0.39, 0.29) is 18.0 Å². The molecule has 1 aromatic rings. The number of aliphatic hydroxyl groups is 1. The van der Waals surface area contributed by atoms with Crippen LogP contribution < -0.4 is 10.6 Å². The van der Waals surface area contributed by atoms with E-state index in [4.69, 9.17) is 5.26 Å². The minimum atomic E-state index is -0.462. The van der Waals surface area contributed by atoms with Gasteiger partial charge < -0.3 is 15.7 Å². The fourth-order valence-electron chi connectivity index (χ4n) is 2.55. The second kappa shape index (κ2) is 8.80. The molecule has 23 heavy (non-hydrogen) atoms. The maximum Gasteiger partial charge on any atom is 0.319 e. The van der Waals surface area contributed by atoms with Crippen LogP contribution in [-0.4, -0.2) is 29.0 Å². The smallest absolute Gasteiger partial charge is 0.319 e. The van der Waals surface area contributed by atoms with Gasteiger partial charge in [-0.15, -0.1) is 11.8 Å². The second-order valence-electron chi connectivity index (χ2n) is 5.89. The van der Waals surface area contributed by atoms with Gasteiger partial charge in [-0.1, -0.05) is 25.0 Å². The Morgan fingerprint density at radius 1 is 1.43 bits per heavy atom. The van der Waals surface area contributed by atoms with Gasteiger partial charge in [0.15, 0.2) is 0 Å². The number of anilines is 1. The summed E-state index contributed by atoms with van der Waals surface area (Å²) in [4.78, 5) is 13.1. The normalized spacial score (nSPS) is 22.0. The average Bonchev–Trinajstić information content (AvgIpc) is 2.56. The molecule has 1 aliphatic carbocycles. The quantitative estimate of drug-likeness (QED) is 0.721. The number of urea groups is 1. The lowest BCUT2D eigenvalue weighted by Crippen LogP contribution is -2.46. The van der Waals surface area contributed by atoms with E-state index in [1.165, 1.54) is 0 Å². The van der Waals surface area contributed by atoms with Crippen LogP contribution in [0.2, 0.25) is 0 Å². The fraction of sp³-hybridized carbons (Fsp3) is 0.529. The highest BCUT2D eigenvalue weighted by Crippen LogP contribution is 2.28. The van der Waals surface area contributed by atoms with Crippen molar-refractivity contribution < 1.29 is 9.90 Å². The summed E-state index contributed by atoms with van der Waals surface area (Å²) in [6, 6.07) is 9.28. The molecule has 124 valence electrons. The first kappa shape index (κ1) is 17.6. The van der Waals surface area contributed by atoms with E-state index in [9.17, 15) is 9.90 Å². The van der Waals surface area contributed by atoms with Gasteiger partial charge in [0.1, 0.15) is 0 Å². The van der Waals surface area contributed by atoms with E-state index in [0.29, 0.717) is 5.75 Å². The third-order valence-electron chi connectivity index (χ3n) is 3.89. The molecule has 0 saturated heterocycles. The second-order valence-corrected chi connectivity index (χ2v) is 6.96. The molecule has 2 amide bonds. The molecule has 0 heterocycles. The topological polar surface area (TPSA) is 85.2 Å². The van der Waals surface area contributed by atoms with E-state index >= 15 is 0 Å². The Hall–Kier alpha value is -1.71. The molecule has 3 atom stereocenters. The van der Waals surface area contributed by atoms with E-state index in [1.807, 2.05) is 31.2 Å². The minimum absolute atomic E-state index is 0.0423. The van der Waals surface area contributed by atoms with Crippen LogP contribution in [0.3, 0.4) is 0 Å². The molecular weight excluding hydrogens is 310 g/mol. The lowest BCUT2D eigenvalue weighted by atomic mass is 9.93. The van der Waals surface area contributed by atoms with Crippen molar-refractivity contribution in [2.75, 3.05) is 11.1 Å². The van der Waals surface area contributed by atoms with Crippen molar-refractivity contribution in [3.05, 3.63) is 24.3 Å². The highest BCUT2D eigenvalue weighted by atomic mass is 32.2. The SMILES string of the molecule is C[C@H](C#N)CSc1ccccc1NC(=O)N[C@H]1CCCC[C@@H]1O. The Labute approximate surface area is 141 Å². The molecule has 1 saturated carbocycles. The number of nitrogens with one attached hydrogen (secondary N) is 2. The molecule has 0 aromatic heterocycles. The summed E-state index contributed by atoms with van der Waals surface area (Å²) in [5.41, 5.74) is 0.727. The van der Waals surface area contributed by atoms with Crippen molar-refractivity contribution in [1.82, 2.24) is 5.32 Å². The van der Waals surface area contributed by atoms with Crippen LogP contribution in [0.1, 0.15) is 32.6 Å². The van der Waals surface area contributed by atoms with Gasteiger partial charge in [0.25, 0.3) is 0 Å². The minimum Gasteiger partial charge on any atom is -0.391 e. The highest BCUT2D eigenvalue weighted by molar-refractivity contribution is 7.99. The molecule has 5 nitrogen and oxygen atoms in total. The van der Waals surface area contributed by atoms with Crippen LogP contribution >= 0.6 is 11.8 Å². The van der Waals surface area contributed by atoms with Gasteiger partial charge in [0.05, 0.1) is 29.8 Å². The summed E-state index contributed by atoms with van der Waals surface area (Å²) in [5.74, 6) is 0.636. The molecule has 1 aromatic carbocycles. The third kappa shape index (κ3) is 5.45. The number of carbonyl (C=O) groups is 1. The van der Waals surface area contributed by atoms with Crippen molar-refractivity contribution in [3.8, 4) is 6.07 Å². The third-order valence-corrected chi connectivity index (χ3v) is 5.22. The summed E-state index contributed by atoms with van der Waals surface area (Å²) in [6.07, 6.45) is 3.13. The zero-order valence-corrected chi connectivity index (χ0v) is 14.1. The summed E-state index contributed by atoms with van der Waals surface area (Å²) >= 11 is 1.55. The van der Waals surface area contributed by atoms with Gasteiger partial charge in [0.2, 0.25) is 0 Å². The van der Waals surface area contributed by atoms with Crippen molar-refractivity contribution in [2.45, 2.75) is 49.6 Å². The highest BCUT2D eigenvalue weighted by Gasteiger charge is 2.24. The van der Waals surface area contributed by atoms with Crippen LogP contribution in [0, 0.1) is 17.2 Å². The number of hydrogen-bond acceptors (Lipinski definition) is 4. The number of rotatable bonds is 5. The fourth-order valence-corrected chi connectivity index (χ4v) is 3.51. The van der Waals surface area contributed by atoms with Crippen LogP contribution in [0.4, 0.5) is 10.5 Å². The number of amides is 2. The monoisotopic (exact) mass is 333 g/mol. The standard InChI is InChI=1S/C17H23N3O2S/c1-12(10-18)11-23-16-9-5-3-7-14(16)20-17(22)19-13-6-2-4-8-15(13)21/h3,5,7,9,12-13,15,21H,2,4,6,8,11H2,1H3,(H2,19,20,22)/t12-,13+,15+/m1/s1. The van der Waals surface area contributed by atoms with Crippen molar-refractivity contribution in [1.29, 1.82) is 5.26 Å². The summed E-state index contributed by atoms with van der Waals surface area (Å²) in [7, 11) is 0. The number of benzene rings is 1. The molecule has 0 bridgehead atoms. The molecule has 1 fully saturated rings. The Kier molecular flexibility index (Phi) is 6.75. The molecule has 6 heteroatoms. The van der Waals surface area contributed by atoms with E-state index < -0.39 is 6.10 Å². The summed E-state index contributed by atoms with van der Waals surface area (Å²) < 4.78 is 0. The predicted octanol–water partition coefficient (Wildman–Crippen LogP) is 3.36. The zero-order chi connectivity index (χ0) is 16.7. The van der Waals surface area contributed by atoms with Crippen LogP contribution in [-0.2, 0) is 0 Å². The molecule has 0 unspecified atom stereocenters. The van der Waals surface area contributed by atoms with E-state index in [2.05, 4.69) is 16.7 Å². The van der Waals surface area contributed by atoms with Crippen molar-refractivity contribution in [3.63, 3.8) is 0 Å². The number of thioether (sulfide) groups is 1. The molecule has 3 N–H and O–H groups in total. The van der Waals surface area contributed by atoms with Crippen LogP contribution in [0.5, 0.6) is 0 Å². The maximum atomic E-state index is 12.2. The van der Waals surface area contributed by atoms with E-state index in [1.54, 1.807) is 11.8 Å². The van der Waals surface area contributed by atoms with Gasteiger partial charge in [0, 0.05) is 10.6 Å². The maximum absolute atomic E-state index is 12.2. The van der Waals surface area contributed by atoms with Gasteiger partial charge in [-0.2, -0.15) is 5.26 Å². The molecular formula is C17H23N3O2S. The van der Waals surface area contributed by atoms with Gasteiger partial charge in [-0.3, -0.25) is 0 Å². The number of nitriles is 1. The lowest BCUT2D eigenvalue weighted by Gasteiger charge is -2.28. The molecule has 2 rings (SSSR count). The molecule has 1 aliphatic rings. The Morgan fingerprint density at radius 2 is 2.17 bits per heavy atom. The Balaban J connectivity index is 1.93. The number of carbonyl (C=O) groups excluding carboxylic acids is 1. The first-order chi connectivity index (χ1) is 11.1. The summed E-state index contributed by atoms with van der Waals surface area (Å²) in [5, 5.41) is 24.5. The van der Waals surface area contributed by atoms with Crippen LogP contribution in [0.15, 0.2) is 29.2 Å². The zero-order valence-electron chi connectivity index (χ0n) is 13.3. The first-order valence-corrected chi connectivity index (χ1v) is 8.95. The Morgan fingerprint density at radius 3 is 2.91 bits per heavy atom. The van der Waals surface area contributed by atoms with Gasteiger partial charge in [-0.05, 0) is 31.9 Å². The molecule has 0 radical (unpaired) electrons. The Bertz CT molecular complexity index is 573. The first-order valence-electron chi connectivity index (χ1n) is 7.97. The van der Waals surface area contributed by atoms with Crippen molar-refractivity contribution >= 4 is 23.5 Å². The van der Waals surface area contributed by atoms with Gasteiger partial charge in [-0.25, -0.2) is 4.79 Å². The largest absolute Gasteiger partial charge is 0.391 e. The van der Waals surface area contributed by atoms with Crippen LogP contribution in [0.25, 0.3) is 0 Å². The van der Waals surface area contributed by atoms with Gasteiger partial charge >= 0.3 is 6.03 Å². The molecule has 0 aliphatic heterocycles. The lowest BCUT2D eigenvalue weighted by molar-refractivity contribution is 0.0955. The average molecular weight is 333 g/mol. The number of nitrogens with zero attached hydrogens (tertiary/aromatic N) is 1. The van der Waals surface area contributed by atoms with Crippen molar-refractivity contribution in [2.24, 2.45) is 5.92 Å². The van der Waals surface area contributed by atoms with E-state index in [0.717, 1.165) is 36.3 Å². The number of hydrogen-bond donors (Lipinski definition) is 3. The number of aliphatic hydroxyl groups excluding tert-OH is 1. The predicted molar refractivity (Wildman–Crippen MR) is 92.4 cm³/mol. The number of para-hydroxylation sites is 1. The summed E-state index contributed by atoms with van der Waals surface area (Å²) in [6.45, 7) is 1.88.